The number of nitrogens with one attached hydrogen (secondary N) is 1. The average Bonchev–Trinajstić information content (AvgIpc) is 2.72. The van der Waals surface area contributed by atoms with Crippen LogP contribution in [0.2, 0.25) is 0 Å². The molecule has 3 heterocycles. The molecule has 1 aromatic heterocycles. The second kappa shape index (κ2) is 9.14. The van der Waals surface area contributed by atoms with Crippen LogP contribution in [-0.2, 0) is 14.4 Å². The van der Waals surface area contributed by atoms with Crippen LogP contribution in [-0.4, -0.2) is 58.7 Å². The van der Waals surface area contributed by atoms with E-state index in [4.69, 9.17) is 0 Å². The smallest absolute Gasteiger partial charge is 0.228 e. The molecule has 2 fully saturated rings. The number of piperidine rings is 2. The van der Waals surface area contributed by atoms with Gasteiger partial charge in [0.25, 0.3) is 0 Å². The second-order valence-electron chi connectivity index (χ2n) is 9.62. The maximum Gasteiger partial charge on any atom is 0.228 e. The molecular weight excluding hydrogens is 380 g/mol. The van der Waals surface area contributed by atoms with Crippen molar-refractivity contribution in [1.82, 2.24) is 14.8 Å². The lowest BCUT2D eigenvalue weighted by atomic mass is 9.89. The molecule has 0 unspecified atom stereocenters. The molecule has 0 atom stereocenters. The molecule has 1 aromatic rings. The summed E-state index contributed by atoms with van der Waals surface area (Å²) in [5.74, 6) is 0.781. The zero-order valence-corrected chi connectivity index (χ0v) is 18.6. The highest BCUT2D eigenvalue weighted by Crippen LogP contribution is 2.27. The van der Waals surface area contributed by atoms with E-state index >= 15 is 0 Å². The van der Waals surface area contributed by atoms with Crippen molar-refractivity contribution >= 4 is 23.5 Å². The molecule has 0 aromatic carbocycles. The summed E-state index contributed by atoms with van der Waals surface area (Å²) in [6.07, 6.45) is 4.47. The summed E-state index contributed by atoms with van der Waals surface area (Å²) in [6.45, 7) is 10.3. The highest BCUT2D eigenvalue weighted by Gasteiger charge is 2.35. The van der Waals surface area contributed by atoms with Crippen LogP contribution in [0, 0.1) is 24.2 Å². The van der Waals surface area contributed by atoms with Crippen LogP contribution < -0.4 is 5.32 Å². The van der Waals surface area contributed by atoms with E-state index in [1.807, 2.05) is 49.6 Å². The van der Waals surface area contributed by atoms with Gasteiger partial charge in [0, 0.05) is 49.6 Å². The molecule has 0 saturated carbocycles. The molecule has 1 N–H and O–H groups in total. The lowest BCUT2D eigenvalue weighted by Crippen LogP contribution is -2.49. The summed E-state index contributed by atoms with van der Waals surface area (Å²) < 4.78 is 0. The second-order valence-corrected chi connectivity index (χ2v) is 9.62. The Morgan fingerprint density at radius 2 is 1.53 bits per heavy atom. The SMILES string of the molecule is Cc1ccnc(NC(=O)C2CCN(C(=O)C3CCN(C(=O)C(C)(C)C)CC3)CC2)c1. The Bertz CT molecular complexity index is 786. The average molecular weight is 415 g/mol. The molecule has 0 radical (unpaired) electrons. The fourth-order valence-electron chi connectivity index (χ4n) is 4.26. The molecule has 0 spiro atoms. The molecule has 2 saturated heterocycles. The molecule has 7 nitrogen and oxygen atoms in total. The maximum atomic E-state index is 12.9. The quantitative estimate of drug-likeness (QED) is 0.824. The normalized spacial score (nSPS) is 18.9. The molecule has 2 aliphatic rings. The van der Waals surface area contributed by atoms with Crippen LogP contribution in [0.3, 0.4) is 0 Å². The van der Waals surface area contributed by atoms with E-state index in [1.165, 1.54) is 0 Å². The summed E-state index contributed by atoms with van der Waals surface area (Å²) in [4.78, 5) is 45.9. The van der Waals surface area contributed by atoms with E-state index in [0.717, 1.165) is 18.4 Å². The van der Waals surface area contributed by atoms with Gasteiger partial charge in [0.1, 0.15) is 5.82 Å². The van der Waals surface area contributed by atoms with E-state index in [0.29, 0.717) is 44.8 Å². The summed E-state index contributed by atoms with van der Waals surface area (Å²) in [5, 5.41) is 2.90. The molecule has 7 heteroatoms. The minimum absolute atomic E-state index is 0.0177. The number of amides is 3. The van der Waals surface area contributed by atoms with Crippen LogP contribution in [0.15, 0.2) is 18.3 Å². The fraction of sp³-hybridized carbons (Fsp3) is 0.652. The first-order chi connectivity index (χ1) is 14.1. The Hall–Kier alpha value is -2.44. The summed E-state index contributed by atoms with van der Waals surface area (Å²) in [6, 6.07) is 3.75. The van der Waals surface area contributed by atoms with Gasteiger partial charge < -0.3 is 15.1 Å². The third kappa shape index (κ3) is 5.37. The standard InChI is InChI=1S/C23H34N4O3/c1-16-5-10-24-19(15-16)25-20(28)17-6-11-26(12-7-17)21(29)18-8-13-27(14-9-18)22(30)23(2,3)4/h5,10,15,17-18H,6-9,11-14H2,1-4H3,(H,24,25,28). The highest BCUT2D eigenvalue weighted by atomic mass is 16.2. The van der Waals surface area contributed by atoms with E-state index in [-0.39, 0.29) is 35.0 Å². The first-order valence-corrected chi connectivity index (χ1v) is 11.0. The van der Waals surface area contributed by atoms with Crippen molar-refractivity contribution in [2.75, 3.05) is 31.5 Å². The van der Waals surface area contributed by atoms with Crippen molar-refractivity contribution in [2.24, 2.45) is 17.3 Å². The van der Waals surface area contributed by atoms with E-state index in [2.05, 4.69) is 10.3 Å². The number of aromatic nitrogens is 1. The number of carbonyl (C=O) groups excluding carboxylic acids is 3. The molecule has 164 valence electrons. The van der Waals surface area contributed by atoms with E-state index < -0.39 is 0 Å². The number of hydrogen-bond acceptors (Lipinski definition) is 4. The minimum atomic E-state index is -0.382. The van der Waals surface area contributed by atoms with Crippen molar-refractivity contribution in [1.29, 1.82) is 0 Å². The van der Waals surface area contributed by atoms with E-state index in [9.17, 15) is 14.4 Å². The first-order valence-electron chi connectivity index (χ1n) is 11.0. The third-order valence-corrected chi connectivity index (χ3v) is 6.12. The number of aryl methyl sites for hydroxylation is 1. The summed E-state index contributed by atoms with van der Waals surface area (Å²) in [5.41, 5.74) is 0.670. The van der Waals surface area contributed by atoms with Gasteiger partial charge in [0.2, 0.25) is 17.7 Å². The summed E-state index contributed by atoms with van der Waals surface area (Å²) in [7, 11) is 0. The largest absolute Gasteiger partial charge is 0.342 e. The van der Waals surface area contributed by atoms with Gasteiger partial charge in [-0.25, -0.2) is 4.98 Å². The highest BCUT2D eigenvalue weighted by molar-refractivity contribution is 5.92. The van der Waals surface area contributed by atoms with Gasteiger partial charge >= 0.3 is 0 Å². The van der Waals surface area contributed by atoms with Gasteiger partial charge in [-0.1, -0.05) is 20.8 Å². The number of hydrogen-bond donors (Lipinski definition) is 1. The van der Waals surface area contributed by atoms with Crippen molar-refractivity contribution in [3.63, 3.8) is 0 Å². The number of nitrogens with zero attached hydrogens (tertiary/aromatic N) is 3. The van der Waals surface area contributed by atoms with E-state index in [1.54, 1.807) is 6.20 Å². The summed E-state index contributed by atoms with van der Waals surface area (Å²) >= 11 is 0. The lowest BCUT2D eigenvalue weighted by molar-refractivity contribution is -0.145. The predicted octanol–water partition coefficient (Wildman–Crippen LogP) is 2.85. The molecule has 0 bridgehead atoms. The van der Waals surface area contributed by atoms with Gasteiger partial charge in [-0.15, -0.1) is 0 Å². The van der Waals surface area contributed by atoms with Crippen LogP contribution in [0.1, 0.15) is 52.0 Å². The van der Waals surface area contributed by atoms with Gasteiger partial charge in [-0.2, -0.15) is 0 Å². The molecule has 3 amide bonds. The molecule has 2 aliphatic heterocycles. The lowest BCUT2D eigenvalue weighted by Gasteiger charge is -2.38. The number of likely N-dealkylation sites (tertiary alicyclic amines) is 2. The molecular formula is C23H34N4O3. The van der Waals surface area contributed by atoms with Gasteiger partial charge in [0.05, 0.1) is 0 Å². The van der Waals surface area contributed by atoms with Crippen LogP contribution >= 0.6 is 0 Å². The topological polar surface area (TPSA) is 82.6 Å². The monoisotopic (exact) mass is 414 g/mol. The fourth-order valence-corrected chi connectivity index (χ4v) is 4.26. The van der Waals surface area contributed by atoms with Gasteiger partial charge in [-0.05, 0) is 50.3 Å². The maximum absolute atomic E-state index is 12.9. The van der Waals surface area contributed by atoms with Crippen molar-refractivity contribution < 1.29 is 14.4 Å². The number of anilines is 1. The predicted molar refractivity (Wildman–Crippen MR) is 116 cm³/mol. The number of rotatable bonds is 3. The van der Waals surface area contributed by atoms with Gasteiger partial charge in [0.15, 0.2) is 0 Å². The van der Waals surface area contributed by atoms with Crippen molar-refractivity contribution in [2.45, 2.75) is 53.4 Å². The third-order valence-electron chi connectivity index (χ3n) is 6.12. The van der Waals surface area contributed by atoms with Crippen LogP contribution in [0.25, 0.3) is 0 Å². The Kier molecular flexibility index (Phi) is 6.78. The number of pyridine rings is 1. The first kappa shape index (κ1) is 22.2. The Balaban J connectivity index is 1.45. The zero-order valence-electron chi connectivity index (χ0n) is 18.6. The number of carbonyl (C=O) groups is 3. The molecule has 3 rings (SSSR count). The van der Waals surface area contributed by atoms with Crippen LogP contribution in [0.5, 0.6) is 0 Å². The Labute approximate surface area is 179 Å². The molecule has 30 heavy (non-hydrogen) atoms. The zero-order chi connectivity index (χ0) is 21.9. The van der Waals surface area contributed by atoms with Gasteiger partial charge in [-0.3, -0.25) is 14.4 Å². The Morgan fingerprint density at radius 3 is 2.10 bits per heavy atom. The van der Waals surface area contributed by atoms with Crippen LogP contribution in [0.4, 0.5) is 5.82 Å². The minimum Gasteiger partial charge on any atom is -0.342 e. The molecule has 0 aliphatic carbocycles. The van der Waals surface area contributed by atoms with Crippen molar-refractivity contribution in [3.8, 4) is 0 Å². The van der Waals surface area contributed by atoms with Crippen molar-refractivity contribution in [3.05, 3.63) is 23.9 Å². The Morgan fingerprint density at radius 1 is 0.967 bits per heavy atom.